The molecule has 1 rings (SSSR count). The van der Waals surface area contributed by atoms with Crippen molar-refractivity contribution in [1.29, 1.82) is 0 Å². The largest absolute Gasteiger partial charge is 0.461 e. The summed E-state index contributed by atoms with van der Waals surface area (Å²) in [4.78, 5) is 24.9. The molecule has 0 saturated heterocycles. The third kappa shape index (κ3) is 8.88. The molecule has 1 aromatic carbocycles. The molecule has 0 saturated carbocycles. The summed E-state index contributed by atoms with van der Waals surface area (Å²) in [6.45, 7) is 9.49. The Bertz CT molecular complexity index is 545. The van der Waals surface area contributed by atoms with Crippen LogP contribution in [-0.4, -0.2) is 29.8 Å². The maximum Gasteiger partial charge on any atom is 0.408 e. The molecule has 1 aromatic rings. The zero-order chi connectivity index (χ0) is 19.6. The Morgan fingerprint density at radius 2 is 1.62 bits per heavy atom. The van der Waals surface area contributed by atoms with Gasteiger partial charge in [0.15, 0.2) is 0 Å². The van der Waals surface area contributed by atoms with Gasteiger partial charge in [-0.25, -0.2) is 9.59 Å². The molecular formula is C21H33NO4. The lowest BCUT2D eigenvalue weighted by Crippen LogP contribution is -2.46. The molecule has 1 atom stereocenters. The van der Waals surface area contributed by atoms with E-state index in [0.29, 0.717) is 6.42 Å². The van der Waals surface area contributed by atoms with Crippen molar-refractivity contribution in [2.45, 2.75) is 84.5 Å². The molecule has 0 spiro atoms. The standard InChI is InChI=1S/C21H33NO4/c1-6-11-17(12-7-2)25-19(23)18(15-16-13-9-8-10-14-16)22-20(24)26-21(3,4)5/h8-10,13-14,17-18H,6-7,11-12,15H2,1-5H3,(H,22,24)/t18-/m0/s1. The van der Waals surface area contributed by atoms with Crippen molar-refractivity contribution in [3.05, 3.63) is 35.9 Å². The van der Waals surface area contributed by atoms with Crippen LogP contribution < -0.4 is 5.32 Å². The monoisotopic (exact) mass is 363 g/mol. The van der Waals surface area contributed by atoms with Crippen LogP contribution in [0.5, 0.6) is 0 Å². The van der Waals surface area contributed by atoms with E-state index in [4.69, 9.17) is 9.47 Å². The number of carbonyl (C=O) groups is 2. The number of carbonyl (C=O) groups excluding carboxylic acids is 2. The maximum absolute atomic E-state index is 12.7. The second-order valence-electron chi connectivity index (χ2n) is 7.52. The number of benzene rings is 1. The molecule has 26 heavy (non-hydrogen) atoms. The number of hydrogen-bond acceptors (Lipinski definition) is 4. The van der Waals surface area contributed by atoms with E-state index in [1.165, 1.54) is 0 Å². The highest BCUT2D eigenvalue weighted by Crippen LogP contribution is 2.13. The third-order valence-electron chi connectivity index (χ3n) is 3.76. The topological polar surface area (TPSA) is 64.6 Å². The average Bonchev–Trinajstić information content (AvgIpc) is 2.54. The summed E-state index contributed by atoms with van der Waals surface area (Å²) in [6.07, 6.45) is 3.17. The minimum Gasteiger partial charge on any atom is -0.461 e. The fourth-order valence-electron chi connectivity index (χ4n) is 2.65. The number of alkyl carbamates (subject to hydrolysis) is 1. The number of nitrogens with one attached hydrogen (secondary N) is 1. The lowest BCUT2D eigenvalue weighted by atomic mass is 10.1. The molecule has 0 bridgehead atoms. The highest BCUT2D eigenvalue weighted by molar-refractivity contribution is 5.82. The summed E-state index contributed by atoms with van der Waals surface area (Å²) in [6, 6.07) is 8.80. The normalized spacial score (nSPS) is 12.5. The summed E-state index contributed by atoms with van der Waals surface area (Å²) in [7, 11) is 0. The molecule has 1 N–H and O–H groups in total. The molecule has 0 aliphatic heterocycles. The van der Waals surface area contributed by atoms with E-state index < -0.39 is 23.7 Å². The summed E-state index contributed by atoms with van der Waals surface area (Å²) in [5, 5.41) is 2.68. The Hall–Kier alpha value is -2.04. The Morgan fingerprint density at radius 3 is 2.12 bits per heavy atom. The van der Waals surface area contributed by atoms with Crippen LogP contribution >= 0.6 is 0 Å². The second kappa shape index (κ2) is 10.8. The first-order valence-corrected chi connectivity index (χ1v) is 9.49. The van der Waals surface area contributed by atoms with Gasteiger partial charge in [-0.05, 0) is 39.2 Å². The van der Waals surface area contributed by atoms with Gasteiger partial charge in [-0.3, -0.25) is 0 Å². The average molecular weight is 363 g/mol. The van der Waals surface area contributed by atoms with Crippen LogP contribution in [0, 0.1) is 0 Å². The fraction of sp³-hybridized carbons (Fsp3) is 0.619. The molecule has 0 aliphatic carbocycles. The molecule has 0 unspecified atom stereocenters. The van der Waals surface area contributed by atoms with Gasteiger partial charge in [-0.2, -0.15) is 0 Å². The van der Waals surface area contributed by atoms with Crippen molar-refractivity contribution < 1.29 is 19.1 Å². The molecule has 0 aliphatic rings. The number of rotatable bonds is 9. The van der Waals surface area contributed by atoms with Gasteiger partial charge >= 0.3 is 12.1 Å². The maximum atomic E-state index is 12.7. The van der Waals surface area contributed by atoms with Crippen molar-refractivity contribution in [2.24, 2.45) is 0 Å². The molecule has 146 valence electrons. The van der Waals surface area contributed by atoms with E-state index >= 15 is 0 Å². The number of esters is 1. The predicted octanol–water partition coefficient (Wildman–Crippen LogP) is 4.63. The molecule has 5 heteroatoms. The van der Waals surface area contributed by atoms with E-state index in [1.54, 1.807) is 20.8 Å². The molecule has 1 amide bonds. The zero-order valence-electron chi connectivity index (χ0n) is 16.7. The van der Waals surface area contributed by atoms with Gasteiger partial charge in [-0.15, -0.1) is 0 Å². The van der Waals surface area contributed by atoms with E-state index in [0.717, 1.165) is 31.2 Å². The first kappa shape index (κ1) is 22.0. The number of amides is 1. The molecule has 5 nitrogen and oxygen atoms in total. The van der Waals surface area contributed by atoms with Crippen LogP contribution in [0.4, 0.5) is 4.79 Å². The molecule has 0 fully saturated rings. The van der Waals surface area contributed by atoms with Gasteiger partial charge in [0.1, 0.15) is 17.7 Å². The predicted molar refractivity (Wildman–Crippen MR) is 103 cm³/mol. The van der Waals surface area contributed by atoms with Crippen LogP contribution in [0.3, 0.4) is 0 Å². The molecule has 0 aromatic heterocycles. The van der Waals surface area contributed by atoms with Gasteiger partial charge in [0, 0.05) is 6.42 Å². The van der Waals surface area contributed by atoms with Gasteiger partial charge in [0.05, 0.1) is 0 Å². The summed E-state index contributed by atoms with van der Waals surface area (Å²) in [5.74, 6) is -0.411. The quantitative estimate of drug-likeness (QED) is 0.650. The van der Waals surface area contributed by atoms with E-state index in [-0.39, 0.29) is 6.10 Å². The third-order valence-corrected chi connectivity index (χ3v) is 3.76. The first-order valence-electron chi connectivity index (χ1n) is 9.49. The SMILES string of the molecule is CCCC(CCC)OC(=O)[C@H](Cc1ccccc1)NC(=O)OC(C)(C)C. The smallest absolute Gasteiger partial charge is 0.408 e. The highest BCUT2D eigenvalue weighted by atomic mass is 16.6. The molecule has 0 radical (unpaired) electrons. The van der Waals surface area contributed by atoms with Crippen LogP contribution in [0.2, 0.25) is 0 Å². The van der Waals surface area contributed by atoms with Crippen molar-refractivity contribution in [1.82, 2.24) is 5.32 Å². The Labute approximate surface area is 157 Å². The lowest BCUT2D eigenvalue weighted by Gasteiger charge is -2.25. The van der Waals surface area contributed by atoms with Crippen molar-refractivity contribution in [2.75, 3.05) is 0 Å². The van der Waals surface area contributed by atoms with Crippen LogP contribution in [0.15, 0.2) is 30.3 Å². The highest BCUT2D eigenvalue weighted by Gasteiger charge is 2.27. The van der Waals surface area contributed by atoms with Crippen LogP contribution in [0.1, 0.15) is 65.9 Å². The molecular weight excluding hydrogens is 330 g/mol. The van der Waals surface area contributed by atoms with Crippen LogP contribution in [-0.2, 0) is 20.7 Å². The van der Waals surface area contributed by atoms with Crippen molar-refractivity contribution >= 4 is 12.1 Å². The number of hydrogen-bond donors (Lipinski definition) is 1. The van der Waals surface area contributed by atoms with Gasteiger partial charge in [-0.1, -0.05) is 57.0 Å². The van der Waals surface area contributed by atoms with Gasteiger partial charge in [0.2, 0.25) is 0 Å². The summed E-state index contributed by atoms with van der Waals surface area (Å²) < 4.78 is 11.0. The summed E-state index contributed by atoms with van der Waals surface area (Å²) in [5.41, 5.74) is 0.325. The number of ether oxygens (including phenoxy) is 2. The Kier molecular flexibility index (Phi) is 9.17. The zero-order valence-corrected chi connectivity index (χ0v) is 16.7. The fourth-order valence-corrected chi connectivity index (χ4v) is 2.65. The minimum atomic E-state index is -0.775. The van der Waals surface area contributed by atoms with Crippen LogP contribution in [0.25, 0.3) is 0 Å². The van der Waals surface area contributed by atoms with E-state index in [2.05, 4.69) is 19.2 Å². The summed E-state index contributed by atoms with van der Waals surface area (Å²) >= 11 is 0. The van der Waals surface area contributed by atoms with E-state index in [9.17, 15) is 9.59 Å². The molecule has 0 heterocycles. The van der Waals surface area contributed by atoms with Gasteiger partial charge < -0.3 is 14.8 Å². The first-order chi connectivity index (χ1) is 12.2. The van der Waals surface area contributed by atoms with Crippen molar-refractivity contribution in [3.8, 4) is 0 Å². The Balaban J connectivity index is 2.84. The Morgan fingerprint density at radius 1 is 1.04 bits per heavy atom. The van der Waals surface area contributed by atoms with Crippen molar-refractivity contribution in [3.63, 3.8) is 0 Å². The minimum absolute atomic E-state index is 0.115. The van der Waals surface area contributed by atoms with Gasteiger partial charge in [0.25, 0.3) is 0 Å². The van der Waals surface area contributed by atoms with E-state index in [1.807, 2.05) is 30.3 Å². The second-order valence-corrected chi connectivity index (χ2v) is 7.52. The lowest BCUT2D eigenvalue weighted by molar-refractivity contribution is -0.152.